The molecule has 0 saturated heterocycles. The van der Waals surface area contributed by atoms with E-state index in [1.54, 1.807) is 0 Å². The predicted octanol–water partition coefficient (Wildman–Crippen LogP) is 4.14. The van der Waals surface area contributed by atoms with Gasteiger partial charge >= 0.3 is 0 Å². The Kier molecular flexibility index (Phi) is 4.00. The van der Waals surface area contributed by atoms with Crippen molar-refractivity contribution in [1.82, 2.24) is 0 Å². The summed E-state index contributed by atoms with van der Waals surface area (Å²) in [6.07, 6.45) is 8.00. The Morgan fingerprint density at radius 2 is 1.75 bits per heavy atom. The second-order valence-electron chi connectivity index (χ2n) is 5.02. The van der Waals surface area contributed by atoms with Gasteiger partial charge in [-0.05, 0) is 36.3 Å². The molecule has 16 heavy (non-hydrogen) atoms. The van der Waals surface area contributed by atoms with E-state index in [0.717, 1.165) is 12.3 Å². The van der Waals surface area contributed by atoms with Crippen molar-refractivity contribution in [3.05, 3.63) is 35.4 Å². The van der Waals surface area contributed by atoms with Gasteiger partial charge in [-0.3, -0.25) is 0 Å². The van der Waals surface area contributed by atoms with E-state index in [1.807, 2.05) is 0 Å². The second kappa shape index (κ2) is 5.49. The summed E-state index contributed by atoms with van der Waals surface area (Å²) in [6.45, 7) is 2.14. The average Bonchev–Trinajstić information content (AvgIpc) is 2.39. The standard InChI is InChI=1S/C15H23N/c1-2-15(16)14-10-8-13(9-11-14)12-6-4-3-5-7-12/h8-12,15H,2-7,16H2,1H3. The highest BCUT2D eigenvalue weighted by molar-refractivity contribution is 5.27. The van der Waals surface area contributed by atoms with Crippen molar-refractivity contribution in [2.75, 3.05) is 0 Å². The summed E-state index contributed by atoms with van der Waals surface area (Å²) in [5.41, 5.74) is 8.82. The van der Waals surface area contributed by atoms with E-state index < -0.39 is 0 Å². The maximum Gasteiger partial charge on any atom is 0.0292 e. The lowest BCUT2D eigenvalue weighted by Crippen LogP contribution is -2.09. The first-order valence-corrected chi connectivity index (χ1v) is 6.66. The zero-order chi connectivity index (χ0) is 11.4. The second-order valence-corrected chi connectivity index (χ2v) is 5.02. The average molecular weight is 217 g/mol. The van der Waals surface area contributed by atoms with Gasteiger partial charge in [0.1, 0.15) is 0 Å². The lowest BCUT2D eigenvalue weighted by molar-refractivity contribution is 0.443. The minimum absolute atomic E-state index is 0.209. The van der Waals surface area contributed by atoms with E-state index in [1.165, 1.54) is 43.2 Å². The topological polar surface area (TPSA) is 26.0 Å². The smallest absolute Gasteiger partial charge is 0.0292 e. The van der Waals surface area contributed by atoms with Crippen molar-refractivity contribution >= 4 is 0 Å². The van der Waals surface area contributed by atoms with Crippen molar-refractivity contribution in [1.29, 1.82) is 0 Å². The van der Waals surface area contributed by atoms with Gasteiger partial charge in [-0.1, -0.05) is 50.5 Å². The molecule has 88 valence electrons. The molecule has 1 aromatic rings. The normalized spacial score (nSPS) is 19.6. The summed E-state index contributed by atoms with van der Waals surface area (Å²) in [6, 6.07) is 9.23. The van der Waals surface area contributed by atoms with Gasteiger partial charge in [0.05, 0.1) is 0 Å². The van der Waals surface area contributed by atoms with Gasteiger partial charge in [0.2, 0.25) is 0 Å². The molecule has 1 aromatic carbocycles. The Hall–Kier alpha value is -0.820. The van der Waals surface area contributed by atoms with Crippen LogP contribution in [0.25, 0.3) is 0 Å². The van der Waals surface area contributed by atoms with Crippen LogP contribution in [0.15, 0.2) is 24.3 Å². The van der Waals surface area contributed by atoms with Crippen molar-refractivity contribution in [3.8, 4) is 0 Å². The predicted molar refractivity (Wildman–Crippen MR) is 69.5 cm³/mol. The molecule has 1 heteroatoms. The Bertz CT molecular complexity index is 309. The molecule has 1 nitrogen and oxygen atoms in total. The molecule has 0 spiro atoms. The van der Waals surface area contributed by atoms with Crippen molar-refractivity contribution in [2.24, 2.45) is 5.73 Å². The molecule has 1 atom stereocenters. The van der Waals surface area contributed by atoms with Crippen LogP contribution in [0.2, 0.25) is 0 Å². The number of hydrogen-bond donors (Lipinski definition) is 1. The Labute approximate surface area is 99.0 Å². The first kappa shape index (κ1) is 11.7. The molecule has 0 heterocycles. The van der Waals surface area contributed by atoms with E-state index in [9.17, 15) is 0 Å². The largest absolute Gasteiger partial charge is 0.324 e. The molecular weight excluding hydrogens is 194 g/mol. The maximum absolute atomic E-state index is 6.02. The molecule has 0 radical (unpaired) electrons. The summed E-state index contributed by atoms with van der Waals surface area (Å²) in [5, 5.41) is 0. The van der Waals surface area contributed by atoms with Crippen LogP contribution in [0.3, 0.4) is 0 Å². The molecule has 2 N–H and O–H groups in total. The quantitative estimate of drug-likeness (QED) is 0.809. The number of benzene rings is 1. The molecule has 1 aliphatic rings. The minimum atomic E-state index is 0.209. The first-order valence-electron chi connectivity index (χ1n) is 6.66. The maximum atomic E-state index is 6.02. The fraction of sp³-hybridized carbons (Fsp3) is 0.600. The van der Waals surface area contributed by atoms with Crippen molar-refractivity contribution in [2.45, 2.75) is 57.4 Å². The summed E-state index contributed by atoms with van der Waals surface area (Å²) < 4.78 is 0. The van der Waals surface area contributed by atoms with Gasteiger partial charge < -0.3 is 5.73 Å². The Balaban J connectivity index is 2.06. The van der Waals surface area contributed by atoms with Crippen molar-refractivity contribution < 1.29 is 0 Å². The lowest BCUT2D eigenvalue weighted by atomic mass is 9.83. The third-order valence-electron chi connectivity index (χ3n) is 3.88. The Morgan fingerprint density at radius 3 is 2.31 bits per heavy atom. The number of nitrogens with two attached hydrogens (primary N) is 1. The lowest BCUT2D eigenvalue weighted by Gasteiger charge is -2.22. The molecule has 0 bridgehead atoms. The highest BCUT2D eigenvalue weighted by atomic mass is 14.6. The summed E-state index contributed by atoms with van der Waals surface area (Å²) in [5.74, 6) is 0.806. The highest BCUT2D eigenvalue weighted by Crippen LogP contribution is 2.32. The molecular formula is C15H23N. The van der Waals surface area contributed by atoms with E-state index in [4.69, 9.17) is 5.73 Å². The third-order valence-corrected chi connectivity index (χ3v) is 3.88. The van der Waals surface area contributed by atoms with Crippen LogP contribution in [0.4, 0.5) is 0 Å². The summed E-state index contributed by atoms with van der Waals surface area (Å²) in [7, 11) is 0. The molecule has 0 aliphatic heterocycles. The molecule has 1 fully saturated rings. The van der Waals surface area contributed by atoms with E-state index in [-0.39, 0.29) is 6.04 Å². The van der Waals surface area contributed by atoms with Crippen LogP contribution in [0.5, 0.6) is 0 Å². The fourth-order valence-electron chi connectivity index (χ4n) is 2.69. The zero-order valence-electron chi connectivity index (χ0n) is 10.3. The Morgan fingerprint density at radius 1 is 1.12 bits per heavy atom. The van der Waals surface area contributed by atoms with Crippen LogP contribution < -0.4 is 5.73 Å². The van der Waals surface area contributed by atoms with Gasteiger partial charge in [-0.25, -0.2) is 0 Å². The highest BCUT2D eigenvalue weighted by Gasteiger charge is 2.15. The van der Waals surface area contributed by atoms with Crippen LogP contribution >= 0.6 is 0 Å². The van der Waals surface area contributed by atoms with Crippen LogP contribution in [-0.2, 0) is 0 Å². The molecule has 1 unspecified atom stereocenters. The molecule has 1 aliphatic carbocycles. The van der Waals surface area contributed by atoms with Gasteiger partial charge in [-0.15, -0.1) is 0 Å². The van der Waals surface area contributed by atoms with E-state index in [0.29, 0.717) is 0 Å². The summed E-state index contributed by atoms with van der Waals surface area (Å²) >= 11 is 0. The van der Waals surface area contributed by atoms with Crippen LogP contribution in [0.1, 0.15) is 68.5 Å². The van der Waals surface area contributed by atoms with Crippen LogP contribution in [0, 0.1) is 0 Å². The molecule has 0 amide bonds. The number of rotatable bonds is 3. The molecule has 2 rings (SSSR count). The first-order chi connectivity index (χ1) is 7.81. The fourth-order valence-corrected chi connectivity index (χ4v) is 2.69. The van der Waals surface area contributed by atoms with Gasteiger partial charge in [0.15, 0.2) is 0 Å². The SMILES string of the molecule is CCC(N)c1ccc(C2CCCCC2)cc1. The minimum Gasteiger partial charge on any atom is -0.324 e. The van der Waals surface area contributed by atoms with Crippen molar-refractivity contribution in [3.63, 3.8) is 0 Å². The van der Waals surface area contributed by atoms with Gasteiger partial charge in [-0.2, -0.15) is 0 Å². The zero-order valence-corrected chi connectivity index (χ0v) is 10.3. The van der Waals surface area contributed by atoms with E-state index in [2.05, 4.69) is 31.2 Å². The molecule has 0 aromatic heterocycles. The van der Waals surface area contributed by atoms with Gasteiger partial charge in [0.25, 0.3) is 0 Å². The third kappa shape index (κ3) is 2.65. The van der Waals surface area contributed by atoms with Gasteiger partial charge in [0, 0.05) is 6.04 Å². The molecule has 1 saturated carbocycles. The van der Waals surface area contributed by atoms with Crippen LogP contribution in [-0.4, -0.2) is 0 Å². The number of hydrogen-bond acceptors (Lipinski definition) is 1. The van der Waals surface area contributed by atoms with E-state index >= 15 is 0 Å². The summed E-state index contributed by atoms with van der Waals surface area (Å²) in [4.78, 5) is 0. The monoisotopic (exact) mass is 217 g/mol.